The van der Waals surface area contributed by atoms with Crippen molar-refractivity contribution in [1.82, 2.24) is 0 Å². The van der Waals surface area contributed by atoms with Gasteiger partial charge in [0.2, 0.25) is 0 Å². The summed E-state index contributed by atoms with van der Waals surface area (Å²) in [6.07, 6.45) is 8.20. The lowest BCUT2D eigenvalue weighted by atomic mass is 9.61. The van der Waals surface area contributed by atoms with Gasteiger partial charge in [-0.15, -0.1) is 6.58 Å². The van der Waals surface area contributed by atoms with E-state index in [2.05, 4.69) is 12.7 Å². The van der Waals surface area contributed by atoms with Gasteiger partial charge in [-0.3, -0.25) is 0 Å². The molecule has 0 radical (unpaired) electrons. The Morgan fingerprint density at radius 3 is 1.61 bits per heavy atom. The molecular formula is C21H24O2. The number of phenols is 2. The Bertz CT molecular complexity index is 604. The van der Waals surface area contributed by atoms with E-state index in [1.807, 2.05) is 24.3 Å². The molecule has 2 aromatic carbocycles. The highest BCUT2D eigenvalue weighted by molar-refractivity contribution is 5.47. The van der Waals surface area contributed by atoms with E-state index in [9.17, 15) is 10.2 Å². The molecule has 2 aromatic rings. The first-order valence-electron chi connectivity index (χ1n) is 8.39. The summed E-state index contributed by atoms with van der Waals surface area (Å²) in [6.45, 7) is 4.18. The van der Waals surface area contributed by atoms with Gasteiger partial charge in [0.05, 0.1) is 0 Å². The Hall–Kier alpha value is -2.22. The monoisotopic (exact) mass is 308 g/mol. The Morgan fingerprint density at radius 1 is 0.783 bits per heavy atom. The van der Waals surface area contributed by atoms with Gasteiger partial charge in [-0.2, -0.15) is 0 Å². The Kier molecular flexibility index (Phi) is 4.42. The summed E-state index contributed by atoms with van der Waals surface area (Å²) in [6, 6.07) is 15.0. The van der Waals surface area contributed by atoms with Crippen molar-refractivity contribution in [3.05, 3.63) is 72.3 Å². The van der Waals surface area contributed by atoms with E-state index in [4.69, 9.17) is 0 Å². The minimum atomic E-state index is -0.276. The molecule has 0 aliphatic heterocycles. The van der Waals surface area contributed by atoms with Crippen LogP contribution in [-0.4, -0.2) is 10.2 Å². The van der Waals surface area contributed by atoms with Crippen LogP contribution < -0.4 is 0 Å². The van der Waals surface area contributed by atoms with Gasteiger partial charge in [-0.25, -0.2) is 0 Å². The number of allylic oxidation sites excluding steroid dienone is 1. The fourth-order valence-corrected chi connectivity index (χ4v) is 4.07. The van der Waals surface area contributed by atoms with Crippen molar-refractivity contribution in [2.75, 3.05) is 0 Å². The van der Waals surface area contributed by atoms with Gasteiger partial charge in [-0.1, -0.05) is 49.6 Å². The Morgan fingerprint density at radius 2 is 1.22 bits per heavy atom. The van der Waals surface area contributed by atoms with E-state index in [1.165, 1.54) is 32.1 Å². The highest BCUT2D eigenvalue weighted by Gasteiger charge is 2.39. The largest absolute Gasteiger partial charge is 0.508 e. The summed E-state index contributed by atoms with van der Waals surface area (Å²) >= 11 is 0. The van der Waals surface area contributed by atoms with Crippen molar-refractivity contribution >= 4 is 0 Å². The van der Waals surface area contributed by atoms with Crippen LogP contribution in [0.25, 0.3) is 0 Å². The summed E-state index contributed by atoms with van der Waals surface area (Å²) in [5.41, 5.74) is 2.03. The van der Waals surface area contributed by atoms with Gasteiger partial charge in [0.25, 0.3) is 0 Å². The molecule has 0 bridgehead atoms. The van der Waals surface area contributed by atoms with Crippen LogP contribution in [0.15, 0.2) is 61.2 Å². The lowest BCUT2D eigenvalue weighted by Gasteiger charge is -2.42. The molecule has 0 atom stereocenters. The average molecular weight is 308 g/mol. The van der Waals surface area contributed by atoms with Crippen molar-refractivity contribution in [3.63, 3.8) is 0 Å². The molecule has 23 heavy (non-hydrogen) atoms. The SMILES string of the molecule is C=CC(c1ccc(O)cc1)(c1ccc(O)cc1)C1CCCCC1. The van der Waals surface area contributed by atoms with Crippen molar-refractivity contribution < 1.29 is 10.2 Å². The Balaban J connectivity index is 2.15. The van der Waals surface area contributed by atoms with Crippen LogP contribution in [0.2, 0.25) is 0 Å². The minimum absolute atomic E-state index is 0.276. The molecule has 1 aliphatic carbocycles. The fourth-order valence-electron chi connectivity index (χ4n) is 4.07. The van der Waals surface area contributed by atoms with Gasteiger partial charge in [0, 0.05) is 5.41 Å². The predicted molar refractivity (Wildman–Crippen MR) is 93.8 cm³/mol. The quantitative estimate of drug-likeness (QED) is 0.767. The van der Waals surface area contributed by atoms with Crippen molar-refractivity contribution in [3.8, 4) is 11.5 Å². The van der Waals surface area contributed by atoms with Crippen molar-refractivity contribution in [2.24, 2.45) is 5.92 Å². The molecular weight excluding hydrogens is 284 g/mol. The van der Waals surface area contributed by atoms with E-state index in [0.29, 0.717) is 5.92 Å². The maximum Gasteiger partial charge on any atom is 0.115 e. The molecule has 1 saturated carbocycles. The molecule has 0 unspecified atom stereocenters. The number of phenolic OH excluding ortho intramolecular Hbond substituents is 2. The molecule has 2 nitrogen and oxygen atoms in total. The highest BCUT2D eigenvalue weighted by atomic mass is 16.3. The van der Waals surface area contributed by atoms with E-state index in [0.717, 1.165) is 11.1 Å². The second kappa shape index (κ2) is 6.49. The third-order valence-corrected chi connectivity index (χ3v) is 5.26. The second-order valence-corrected chi connectivity index (χ2v) is 6.50. The molecule has 2 heteroatoms. The number of rotatable bonds is 4. The number of benzene rings is 2. The highest BCUT2D eigenvalue weighted by Crippen LogP contribution is 2.47. The summed E-state index contributed by atoms with van der Waals surface area (Å²) in [5.74, 6) is 1.05. The maximum atomic E-state index is 9.65. The molecule has 120 valence electrons. The maximum absolute atomic E-state index is 9.65. The van der Waals surface area contributed by atoms with E-state index in [-0.39, 0.29) is 16.9 Å². The lowest BCUT2D eigenvalue weighted by Crippen LogP contribution is -2.35. The number of hydrogen-bond acceptors (Lipinski definition) is 2. The zero-order valence-corrected chi connectivity index (χ0v) is 13.4. The van der Waals surface area contributed by atoms with Gasteiger partial charge in [0.15, 0.2) is 0 Å². The van der Waals surface area contributed by atoms with E-state index in [1.54, 1.807) is 24.3 Å². The number of hydrogen-bond donors (Lipinski definition) is 2. The van der Waals surface area contributed by atoms with Gasteiger partial charge in [0.1, 0.15) is 11.5 Å². The summed E-state index contributed by atoms with van der Waals surface area (Å²) in [4.78, 5) is 0. The molecule has 0 spiro atoms. The third kappa shape index (κ3) is 2.86. The van der Waals surface area contributed by atoms with Crippen LogP contribution in [-0.2, 0) is 5.41 Å². The fraction of sp³-hybridized carbons (Fsp3) is 0.333. The first-order valence-corrected chi connectivity index (χ1v) is 8.39. The molecule has 2 N–H and O–H groups in total. The van der Waals surface area contributed by atoms with Gasteiger partial charge in [-0.05, 0) is 54.2 Å². The number of aromatic hydroxyl groups is 2. The Labute approximate surface area is 138 Å². The summed E-state index contributed by atoms with van der Waals surface area (Å²) < 4.78 is 0. The normalized spacial score (nSPS) is 16.2. The van der Waals surface area contributed by atoms with Gasteiger partial charge >= 0.3 is 0 Å². The van der Waals surface area contributed by atoms with Crippen LogP contribution in [0.1, 0.15) is 43.2 Å². The molecule has 0 saturated heterocycles. The van der Waals surface area contributed by atoms with Crippen molar-refractivity contribution in [2.45, 2.75) is 37.5 Å². The average Bonchev–Trinajstić information content (AvgIpc) is 2.60. The van der Waals surface area contributed by atoms with Crippen LogP contribution in [0.4, 0.5) is 0 Å². The zero-order chi connectivity index (χ0) is 16.3. The van der Waals surface area contributed by atoms with Crippen LogP contribution in [0.3, 0.4) is 0 Å². The van der Waals surface area contributed by atoms with Gasteiger partial charge < -0.3 is 10.2 Å². The molecule has 0 heterocycles. The first kappa shape index (κ1) is 15.7. The van der Waals surface area contributed by atoms with Crippen LogP contribution >= 0.6 is 0 Å². The summed E-state index contributed by atoms with van der Waals surface area (Å²) in [5, 5.41) is 19.3. The molecule has 1 aliphatic rings. The first-order chi connectivity index (χ1) is 11.2. The zero-order valence-electron chi connectivity index (χ0n) is 13.4. The molecule has 0 amide bonds. The van der Waals surface area contributed by atoms with Crippen molar-refractivity contribution in [1.29, 1.82) is 0 Å². The third-order valence-electron chi connectivity index (χ3n) is 5.26. The minimum Gasteiger partial charge on any atom is -0.508 e. The molecule has 1 fully saturated rings. The van der Waals surface area contributed by atoms with Crippen LogP contribution in [0, 0.1) is 5.92 Å². The molecule has 3 rings (SSSR count). The topological polar surface area (TPSA) is 40.5 Å². The second-order valence-electron chi connectivity index (χ2n) is 6.50. The summed E-state index contributed by atoms with van der Waals surface area (Å²) in [7, 11) is 0. The smallest absolute Gasteiger partial charge is 0.115 e. The van der Waals surface area contributed by atoms with Crippen LogP contribution in [0.5, 0.6) is 11.5 Å². The van der Waals surface area contributed by atoms with E-state index < -0.39 is 0 Å². The molecule has 0 aromatic heterocycles. The lowest BCUT2D eigenvalue weighted by molar-refractivity contribution is 0.277. The standard InChI is InChI=1S/C21H24O2/c1-2-21(16-6-4-3-5-7-16,17-8-12-19(22)13-9-17)18-10-14-20(23)15-11-18/h2,8-16,22-23H,1,3-7H2. The predicted octanol–water partition coefficient (Wildman–Crippen LogP) is 5.15. The van der Waals surface area contributed by atoms with E-state index >= 15 is 0 Å².